The molecule has 0 radical (unpaired) electrons. The van der Waals surface area contributed by atoms with Gasteiger partial charge in [0.05, 0.1) is 12.7 Å². The van der Waals surface area contributed by atoms with E-state index in [-0.39, 0.29) is 11.9 Å². The molecular weight excluding hydrogens is 318 g/mol. The quantitative estimate of drug-likeness (QED) is 0.800. The van der Waals surface area contributed by atoms with E-state index in [0.717, 1.165) is 10.9 Å². The Morgan fingerprint density at radius 3 is 2.80 bits per heavy atom. The van der Waals surface area contributed by atoms with Crippen LogP contribution in [0.1, 0.15) is 43.2 Å². The number of benzene rings is 1. The van der Waals surface area contributed by atoms with Gasteiger partial charge in [-0.2, -0.15) is 0 Å². The molecule has 0 saturated carbocycles. The third kappa shape index (κ3) is 3.20. The molecule has 0 aliphatic heterocycles. The van der Waals surface area contributed by atoms with Crippen LogP contribution in [0.15, 0.2) is 42.5 Å². The van der Waals surface area contributed by atoms with Crippen molar-refractivity contribution >= 4 is 16.9 Å². The number of hydrogen-bond acceptors (Lipinski definition) is 4. The summed E-state index contributed by atoms with van der Waals surface area (Å²) >= 11 is 0. The lowest BCUT2D eigenvalue weighted by Crippen LogP contribution is -2.31. The molecule has 5 heteroatoms. The highest BCUT2D eigenvalue weighted by molar-refractivity contribution is 5.97. The highest BCUT2D eigenvalue weighted by Crippen LogP contribution is 2.44. The molecule has 2 aromatic rings. The second-order valence-corrected chi connectivity index (χ2v) is 6.37. The molecule has 1 aliphatic rings. The third-order valence-electron chi connectivity index (χ3n) is 4.18. The van der Waals surface area contributed by atoms with E-state index < -0.39 is 11.6 Å². The van der Waals surface area contributed by atoms with Crippen molar-refractivity contribution in [3.8, 4) is 5.75 Å². The fourth-order valence-corrected chi connectivity index (χ4v) is 3.31. The summed E-state index contributed by atoms with van der Waals surface area (Å²) < 4.78 is 11.3. The lowest BCUT2D eigenvalue weighted by molar-refractivity contribution is -0.0506. The Kier molecular flexibility index (Phi) is 4.68. The monoisotopic (exact) mass is 341 g/mol. The van der Waals surface area contributed by atoms with Crippen LogP contribution in [0.2, 0.25) is 0 Å². The zero-order chi connectivity index (χ0) is 18.0. The Bertz CT molecular complexity index is 847. The molecule has 0 spiro atoms. The predicted molar refractivity (Wildman–Crippen MR) is 96.7 cm³/mol. The fraction of sp³-hybridized carbons (Fsp3) is 0.350. The number of H-pyrrole nitrogens is 1. The summed E-state index contributed by atoms with van der Waals surface area (Å²) in [5, 5.41) is 11.4. The van der Waals surface area contributed by atoms with Crippen molar-refractivity contribution in [1.82, 2.24) is 4.98 Å². The second kappa shape index (κ2) is 6.76. The summed E-state index contributed by atoms with van der Waals surface area (Å²) in [5.41, 5.74) is 0.996. The van der Waals surface area contributed by atoms with Crippen molar-refractivity contribution in [3.63, 3.8) is 0 Å². The average Bonchev–Trinajstić information content (AvgIpc) is 2.99. The van der Waals surface area contributed by atoms with E-state index >= 15 is 0 Å². The first-order chi connectivity index (χ1) is 12.0. The first kappa shape index (κ1) is 17.3. The van der Waals surface area contributed by atoms with E-state index in [1.54, 1.807) is 25.1 Å². The number of allylic oxidation sites excluding steroid dienone is 2. The van der Waals surface area contributed by atoms with E-state index in [2.05, 4.69) is 4.98 Å². The molecule has 132 valence electrons. The number of nitrogens with one attached hydrogen (secondary N) is 1. The fourth-order valence-electron chi connectivity index (χ4n) is 3.31. The Hall–Kier alpha value is -2.53. The number of phenols is 1. The van der Waals surface area contributed by atoms with Crippen molar-refractivity contribution in [2.24, 2.45) is 0 Å². The third-order valence-corrected chi connectivity index (χ3v) is 4.18. The summed E-state index contributed by atoms with van der Waals surface area (Å²) in [7, 11) is 0. The highest BCUT2D eigenvalue weighted by atomic mass is 16.5. The van der Waals surface area contributed by atoms with Gasteiger partial charge in [-0.1, -0.05) is 18.2 Å². The summed E-state index contributed by atoms with van der Waals surface area (Å²) in [6, 6.07) is 5.10. The van der Waals surface area contributed by atoms with Crippen LogP contribution in [0.25, 0.3) is 10.9 Å². The Morgan fingerprint density at radius 1 is 1.36 bits per heavy atom. The van der Waals surface area contributed by atoms with Crippen LogP contribution in [-0.2, 0) is 15.1 Å². The van der Waals surface area contributed by atoms with Crippen LogP contribution in [0, 0.1) is 0 Å². The lowest BCUT2D eigenvalue weighted by atomic mass is 9.84. The summed E-state index contributed by atoms with van der Waals surface area (Å²) in [4.78, 5) is 15.1. The molecule has 1 aliphatic carbocycles. The SMILES string of the molecule is CCOC(=O)c1cc2c(C3(OC(C)C)C=CC=CC3)c(O)ccc2[nH]1. The molecule has 25 heavy (non-hydrogen) atoms. The maximum absolute atomic E-state index is 12.1. The number of rotatable bonds is 5. The maximum atomic E-state index is 12.1. The van der Waals surface area contributed by atoms with Gasteiger partial charge in [0, 0.05) is 22.9 Å². The molecule has 0 bridgehead atoms. The second-order valence-electron chi connectivity index (χ2n) is 6.37. The van der Waals surface area contributed by atoms with E-state index in [0.29, 0.717) is 24.3 Å². The van der Waals surface area contributed by atoms with Gasteiger partial charge in [0.25, 0.3) is 0 Å². The summed E-state index contributed by atoms with van der Waals surface area (Å²) in [6.45, 7) is 6.00. The molecule has 0 fully saturated rings. The molecule has 1 unspecified atom stereocenters. The molecule has 5 nitrogen and oxygen atoms in total. The zero-order valence-electron chi connectivity index (χ0n) is 14.7. The van der Waals surface area contributed by atoms with Crippen LogP contribution in [0.3, 0.4) is 0 Å². The molecule has 1 atom stereocenters. The van der Waals surface area contributed by atoms with Gasteiger partial charge in [-0.15, -0.1) is 0 Å². The van der Waals surface area contributed by atoms with Crippen molar-refractivity contribution in [3.05, 3.63) is 53.8 Å². The smallest absolute Gasteiger partial charge is 0.354 e. The van der Waals surface area contributed by atoms with Gasteiger partial charge in [-0.25, -0.2) is 4.79 Å². The van der Waals surface area contributed by atoms with E-state index in [1.165, 1.54) is 0 Å². The molecule has 0 amide bonds. The molecule has 3 rings (SSSR count). The van der Waals surface area contributed by atoms with Crippen molar-refractivity contribution in [2.45, 2.75) is 38.9 Å². The number of ether oxygens (including phenoxy) is 2. The normalized spacial score (nSPS) is 19.7. The molecular formula is C20H23NO4. The predicted octanol–water partition coefficient (Wildman–Crippen LogP) is 4.19. The van der Waals surface area contributed by atoms with Crippen LogP contribution in [0.4, 0.5) is 0 Å². The molecule has 1 heterocycles. The average molecular weight is 341 g/mol. The van der Waals surface area contributed by atoms with Gasteiger partial charge in [-0.05, 0) is 45.0 Å². The Labute approximate surface area is 146 Å². The van der Waals surface area contributed by atoms with Gasteiger partial charge in [0.2, 0.25) is 0 Å². The highest BCUT2D eigenvalue weighted by Gasteiger charge is 2.36. The minimum atomic E-state index is -0.777. The van der Waals surface area contributed by atoms with Gasteiger partial charge in [0.1, 0.15) is 17.0 Å². The first-order valence-corrected chi connectivity index (χ1v) is 8.51. The standard InChI is InChI=1S/C20H23NO4/c1-4-24-19(23)16-12-14-15(21-16)8-9-17(22)18(14)20(25-13(2)3)10-6-5-7-11-20/h5-10,12-13,21-22H,4,11H2,1-3H3. The van der Waals surface area contributed by atoms with Crippen LogP contribution in [0.5, 0.6) is 5.75 Å². The Balaban J connectivity index is 2.19. The van der Waals surface area contributed by atoms with E-state index in [1.807, 2.05) is 38.2 Å². The number of esters is 1. The number of aromatic nitrogens is 1. The number of phenolic OH excluding ortho intramolecular Hbond substituents is 1. The molecule has 2 N–H and O–H groups in total. The van der Waals surface area contributed by atoms with E-state index in [4.69, 9.17) is 9.47 Å². The van der Waals surface area contributed by atoms with Gasteiger partial charge in [0.15, 0.2) is 0 Å². The molecule has 0 saturated heterocycles. The van der Waals surface area contributed by atoms with Gasteiger partial charge < -0.3 is 19.6 Å². The summed E-state index contributed by atoms with van der Waals surface area (Å²) in [5.74, 6) is -0.274. The van der Waals surface area contributed by atoms with Gasteiger partial charge in [-0.3, -0.25) is 0 Å². The van der Waals surface area contributed by atoms with Crippen LogP contribution >= 0.6 is 0 Å². The number of carbonyl (C=O) groups excluding carboxylic acids is 1. The molecule has 1 aromatic carbocycles. The van der Waals surface area contributed by atoms with Crippen molar-refractivity contribution in [1.29, 1.82) is 0 Å². The van der Waals surface area contributed by atoms with Crippen LogP contribution < -0.4 is 0 Å². The largest absolute Gasteiger partial charge is 0.508 e. The topological polar surface area (TPSA) is 71.6 Å². The first-order valence-electron chi connectivity index (χ1n) is 8.51. The van der Waals surface area contributed by atoms with Gasteiger partial charge >= 0.3 is 5.97 Å². The number of aromatic hydroxyl groups is 1. The number of hydrogen-bond donors (Lipinski definition) is 2. The van der Waals surface area contributed by atoms with Crippen LogP contribution in [-0.4, -0.2) is 28.8 Å². The van der Waals surface area contributed by atoms with Crippen molar-refractivity contribution in [2.75, 3.05) is 6.61 Å². The minimum Gasteiger partial charge on any atom is -0.508 e. The number of carbonyl (C=O) groups is 1. The maximum Gasteiger partial charge on any atom is 0.354 e. The van der Waals surface area contributed by atoms with Crippen molar-refractivity contribution < 1.29 is 19.4 Å². The number of fused-ring (bicyclic) bond motifs is 1. The Morgan fingerprint density at radius 2 is 2.16 bits per heavy atom. The number of aromatic amines is 1. The zero-order valence-corrected chi connectivity index (χ0v) is 14.7. The summed E-state index contributed by atoms with van der Waals surface area (Å²) in [6.07, 6.45) is 8.42. The minimum absolute atomic E-state index is 0.0331. The lowest BCUT2D eigenvalue weighted by Gasteiger charge is -2.35. The molecule has 1 aromatic heterocycles. The van der Waals surface area contributed by atoms with E-state index in [9.17, 15) is 9.90 Å².